The molecule has 0 bridgehead atoms. The Balaban J connectivity index is 4.55. The van der Waals surface area contributed by atoms with Crippen molar-refractivity contribution in [2.75, 3.05) is 19.7 Å². The molecule has 0 aliphatic rings. The number of aliphatic carboxylic acids is 1. The third kappa shape index (κ3) is 10.6. The summed E-state index contributed by atoms with van der Waals surface area (Å²) < 4.78 is 0. The SMILES string of the molecule is CCC(C)C(NC(=O)CNC(=O)C(CO)NC(=O)C(N)CCCN=C(N)N)C(=O)O. The molecule has 0 saturated carbocycles. The number of nitrogens with one attached hydrogen (secondary N) is 3. The van der Waals surface area contributed by atoms with Gasteiger partial charge in [-0.25, -0.2) is 4.79 Å². The molecular formula is C17H33N7O6. The summed E-state index contributed by atoms with van der Waals surface area (Å²) in [5, 5.41) is 25.4. The van der Waals surface area contributed by atoms with Gasteiger partial charge in [-0.15, -0.1) is 0 Å². The van der Waals surface area contributed by atoms with Crippen molar-refractivity contribution in [3.8, 4) is 0 Å². The highest BCUT2D eigenvalue weighted by Gasteiger charge is 2.26. The Hall–Kier alpha value is -2.93. The number of hydrogen-bond acceptors (Lipinski definition) is 7. The number of amides is 3. The molecule has 3 amide bonds. The molecule has 0 radical (unpaired) electrons. The topological polar surface area (TPSA) is 235 Å². The number of carbonyl (C=O) groups is 4. The standard InChI is InChI=1S/C17H33N7O6/c1-3-9(2)13(16(29)30)24-12(26)7-22-15(28)11(8-25)23-14(27)10(18)5-4-6-21-17(19)20/h9-11,13,25H,3-8,18H2,1-2H3,(H,22,28)(H,23,27)(H,24,26)(H,29,30)(H4,19,20,21). The maximum Gasteiger partial charge on any atom is 0.326 e. The van der Waals surface area contributed by atoms with Gasteiger partial charge in [0.2, 0.25) is 17.7 Å². The number of aliphatic hydroxyl groups excluding tert-OH is 1. The number of carboxylic acids is 1. The number of aliphatic hydroxyl groups is 1. The van der Waals surface area contributed by atoms with Crippen molar-refractivity contribution in [3.63, 3.8) is 0 Å². The molecule has 0 aliphatic carbocycles. The lowest BCUT2D eigenvalue weighted by molar-refractivity contribution is -0.143. The minimum atomic E-state index is -1.32. The van der Waals surface area contributed by atoms with Crippen molar-refractivity contribution in [1.29, 1.82) is 0 Å². The largest absolute Gasteiger partial charge is 0.480 e. The van der Waals surface area contributed by atoms with E-state index in [-0.39, 0.29) is 24.8 Å². The maximum absolute atomic E-state index is 12.1. The summed E-state index contributed by atoms with van der Waals surface area (Å²) in [7, 11) is 0. The molecular weight excluding hydrogens is 398 g/mol. The fraction of sp³-hybridized carbons (Fsp3) is 0.706. The second-order valence-electron chi connectivity index (χ2n) is 6.79. The van der Waals surface area contributed by atoms with Crippen LogP contribution in [-0.2, 0) is 19.2 Å². The van der Waals surface area contributed by atoms with E-state index in [1.165, 1.54) is 0 Å². The lowest BCUT2D eigenvalue weighted by Gasteiger charge is -2.21. The molecule has 0 rings (SSSR count). The summed E-state index contributed by atoms with van der Waals surface area (Å²) >= 11 is 0. The number of carboxylic acid groups (broad SMARTS) is 1. The van der Waals surface area contributed by atoms with Gasteiger partial charge >= 0.3 is 5.97 Å². The summed E-state index contributed by atoms with van der Waals surface area (Å²) in [5.41, 5.74) is 16.1. The van der Waals surface area contributed by atoms with E-state index >= 15 is 0 Å². The highest BCUT2D eigenvalue weighted by molar-refractivity contribution is 5.92. The van der Waals surface area contributed by atoms with Crippen LogP contribution in [0.4, 0.5) is 0 Å². The van der Waals surface area contributed by atoms with Crippen LogP contribution in [0.5, 0.6) is 0 Å². The Bertz CT molecular complexity index is 624. The van der Waals surface area contributed by atoms with Crippen molar-refractivity contribution in [1.82, 2.24) is 16.0 Å². The Kier molecular flexibility index (Phi) is 12.7. The zero-order valence-corrected chi connectivity index (χ0v) is 17.3. The van der Waals surface area contributed by atoms with E-state index in [0.29, 0.717) is 12.8 Å². The van der Waals surface area contributed by atoms with Crippen LogP contribution in [0.2, 0.25) is 0 Å². The summed E-state index contributed by atoms with van der Waals surface area (Å²) in [6, 6.07) is -3.36. The maximum atomic E-state index is 12.1. The Labute approximate surface area is 174 Å². The molecule has 4 atom stereocenters. The zero-order chi connectivity index (χ0) is 23.3. The number of aliphatic imine (C=N–C) groups is 1. The zero-order valence-electron chi connectivity index (χ0n) is 17.3. The number of nitrogens with zero attached hydrogens (tertiary/aromatic N) is 1. The molecule has 30 heavy (non-hydrogen) atoms. The van der Waals surface area contributed by atoms with Crippen molar-refractivity contribution in [3.05, 3.63) is 0 Å². The minimum Gasteiger partial charge on any atom is -0.480 e. The van der Waals surface area contributed by atoms with Gasteiger partial charge in [-0.1, -0.05) is 20.3 Å². The van der Waals surface area contributed by atoms with Gasteiger partial charge in [0.1, 0.15) is 12.1 Å². The first-order chi connectivity index (χ1) is 14.0. The molecule has 172 valence electrons. The van der Waals surface area contributed by atoms with E-state index in [9.17, 15) is 24.3 Å². The number of guanidine groups is 1. The third-order valence-corrected chi connectivity index (χ3v) is 4.34. The van der Waals surface area contributed by atoms with Crippen LogP contribution in [0.3, 0.4) is 0 Å². The first-order valence-electron chi connectivity index (χ1n) is 9.55. The van der Waals surface area contributed by atoms with Crippen LogP contribution >= 0.6 is 0 Å². The fourth-order valence-corrected chi connectivity index (χ4v) is 2.32. The van der Waals surface area contributed by atoms with Crippen molar-refractivity contribution >= 4 is 29.7 Å². The molecule has 11 N–H and O–H groups in total. The molecule has 0 aliphatic heterocycles. The highest BCUT2D eigenvalue weighted by Crippen LogP contribution is 2.07. The molecule has 0 aromatic heterocycles. The molecule has 0 aromatic carbocycles. The molecule has 0 saturated heterocycles. The molecule has 0 aromatic rings. The molecule has 0 fully saturated rings. The lowest BCUT2D eigenvalue weighted by Crippen LogP contribution is -2.55. The van der Waals surface area contributed by atoms with E-state index in [0.717, 1.165) is 0 Å². The molecule has 13 heteroatoms. The van der Waals surface area contributed by atoms with Crippen LogP contribution in [0, 0.1) is 5.92 Å². The normalized spacial score (nSPS) is 14.5. The van der Waals surface area contributed by atoms with Gasteiger partial charge in [0.05, 0.1) is 19.2 Å². The second kappa shape index (κ2) is 14.1. The molecule has 4 unspecified atom stereocenters. The quantitative estimate of drug-likeness (QED) is 0.0775. The van der Waals surface area contributed by atoms with Crippen LogP contribution in [0.1, 0.15) is 33.1 Å². The van der Waals surface area contributed by atoms with Crippen LogP contribution in [-0.4, -0.2) is 77.7 Å². The smallest absolute Gasteiger partial charge is 0.326 e. The minimum absolute atomic E-state index is 0.0760. The monoisotopic (exact) mass is 431 g/mol. The van der Waals surface area contributed by atoms with Crippen molar-refractivity contribution in [2.24, 2.45) is 28.1 Å². The summed E-state index contributed by atoms with van der Waals surface area (Å²) in [6.07, 6.45) is 1.22. The lowest BCUT2D eigenvalue weighted by atomic mass is 9.99. The van der Waals surface area contributed by atoms with E-state index in [1.54, 1.807) is 13.8 Å². The number of hydrogen-bond donors (Lipinski definition) is 8. The predicted molar refractivity (Wildman–Crippen MR) is 109 cm³/mol. The van der Waals surface area contributed by atoms with Gasteiger partial charge in [-0.2, -0.15) is 0 Å². The van der Waals surface area contributed by atoms with E-state index < -0.39 is 55.0 Å². The Morgan fingerprint density at radius 3 is 2.23 bits per heavy atom. The first-order valence-corrected chi connectivity index (χ1v) is 9.55. The summed E-state index contributed by atoms with van der Waals surface area (Å²) in [5.74, 6) is -3.76. The number of rotatable bonds is 14. The second-order valence-corrected chi connectivity index (χ2v) is 6.79. The number of carbonyl (C=O) groups excluding carboxylic acids is 3. The Morgan fingerprint density at radius 1 is 1.10 bits per heavy atom. The Morgan fingerprint density at radius 2 is 1.73 bits per heavy atom. The van der Waals surface area contributed by atoms with Gasteiger partial charge in [0, 0.05) is 6.54 Å². The van der Waals surface area contributed by atoms with Crippen LogP contribution in [0.15, 0.2) is 4.99 Å². The third-order valence-electron chi connectivity index (χ3n) is 4.34. The van der Waals surface area contributed by atoms with Gasteiger partial charge in [0.15, 0.2) is 5.96 Å². The van der Waals surface area contributed by atoms with Crippen LogP contribution < -0.4 is 33.2 Å². The van der Waals surface area contributed by atoms with Gasteiger partial charge in [0.25, 0.3) is 0 Å². The summed E-state index contributed by atoms with van der Waals surface area (Å²) in [4.78, 5) is 51.1. The molecule has 0 heterocycles. The van der Waals surface area contributed by atoms with Gasteiger partial charge in [-0.3, -0.25) is 19.4 Å². The average molecular weight is 431 g/mol. The van der Waals surface area contributed by atoms with Crippen LogP contribution in [0.25, 0.3) is 0 Å². The van der Waals surface area contributed by atoms with E-state index in [1.807, 2.05) is 0 Å². The fourth-order valence-electron chi connectivity index (χ4n) is 2.32. The number of nitrogens with two attached hydrogens (primary N) is 3. The molecule has 13 nitrogen and oxygen atoms in total. The first kappa shape index (κ1) is 27.1. The van der Waals surface area contributed by atoms with Crippen molar-refractivity contribution < 1.29 is 29.4 Å². The summed E-state index contributed by atoms with van der Waals surface area (Å²) in [6.45, 7) is 2.51. The van der Waals surface area contributed by atoms with Crippen molar-refractivity contribution in [2.45, 2.75) is 51.2 Å². The highest BCUT2D eigenvalue weighted by atomic mass is 16.4. The van der Waals surface area contributed by atoms with Gasteiger partial charge in [-0.05, 0) is 18.8 Å². The average Bonchev–Trinajstić information content (AvgIpc) is 2.69. The predicted octanol–water partition coefficient (Wildman–Crippen LogP) is -3.42. The van der Waals surface area contributed by atoms with E-state index in [2.05, 4.69) is 20.9 Å². The molecule has 0 spiro atoms. The van der Waals surface area contributed by atoms with Gasteiger partial charge < -0.3 is 43.4 Å². The van der Waals surface area contributed by atoms with E-state index in [4.69, 9.17) is 22.3 Å².